The molecule has 4 rings (SSSR count). The minimum Gasteiger partial charge on any atom is -0.493 e. The number of carbonyl (C=O) groups excluding carboxylic acids is 2. The van der Waals surface area contributed by atoms with Crippen molar-refractivity contribution in [3.05, 3.63) is 48.0 Å². The minimum atomic E-state index is -3.74. The van der Waals surface area contributed by atoms with E-state index in [2.05, 4.69) is 10.6 Å². The van der Waals surface area contributed by atoms with Gasteiger partial charge in [0, 0.05) is 31.1 Å². The minimum absolute atomic E-state index is 0.114. The lowest BCUT2D eigenvalue weighted by Gasteiger charge is -2.30. The molecule has 9 nitrogen and oxygen atoms in total. The normalized spacial score (nSPS) is 17.1. The molecule has 1 saturated carbocycles. The van der Waals surface area contributed by atoms with E-state index in [1.165, 1.54) is 30.7 Å². The number of methoxy groups -OCH3 is 2. The van der Waals surface area contributed by atoms with Crippen LogP contribution in [0, 0.1) is 5.92 Å². The Balaban J connectivity index is 1.39. The second-order valence-corrected chi connectivity index (χ2v) is 10.4. The summed E-state index contributed by atoms with van der Waals surface area (Å²) in [5.41, 5.74) is 0.891. The lowest BCUT2D eigenvalue weighted by Crippen LogP contribution is -2.41. The Morgan fingerprint density at radius 3 is 2.26 bits per heavy atom. The molecule has 0 atom stereocenters. The summed E-state index contributed by atoms with van der Waals surface area (Å²) < 4.78 is 38.0. The number of sulfonamides is 1. The van der Waals surface area contributed by atoms with Crippen LogP contribution in [0.5, 0.6) is 11.5 Å². The highest BCUT2D eigenvalue weighted by Crippen LogP contribution is 2.32. The van der Waals surface area contributed by atoms with Gasteiger partial charge < -0.3 is 20.1 Å². The predicted molar refractivity (Wildman–Crippen MR) is 127 cm³/mol. The first-order valence-electron chi connectivity index (χ1n) is 11.3. The maximum Gasteiger partial charge on any atom is 0.253 e. The lowest BCUT2D eigenvalue weighted by molar-refractivity contribution is -0.120. The van der Waals surface area contributed by atoms with Gasteiger partial charge in [-0.2, -0.15) is 4.31 Å². The van der Waals surface area contributed by atoms with Gasteiger partial charge in [0.1, 0.15) is 0 Å². The lowest BCUT2D eigenvalue weighted by atomic mass is 9.97. The number of amides is 2. The van der Waals surface area contributed by atoms with E-state index in [1.54, 1.807) is 30.3 Å². The predicted octanol–water partition coefficient (Wildman–Crippen LogP) is 2.64. The molecule has 1 heterocycles. The zero-order chi connectivity index (χ0) is 24.3. The second-order valence-electron chi connectivity index (χ2n) is 8.48. The molecule has 34 heavy (non-hydrogen) atoms. The third-order valence-corrected chi connectivity index (χ3v) is 8.05. The molecule has 0 unspecified atom stereocenters. The van der Waals surface area contributed by atoms with Crippen molar-refractivity contribution < 1.29 is 27.5 Å². The monoisotopic (exact) mass is 487 g/mol. The number of carbonyl (C=O) groups is 2. The van der Waals surface area contributed by atoms with Gasteiger partial charge in [0.05, 0.1) is 30.4 Å². The first-order chi connectivity index (χ1) is 16.3. The van der Waals surface area contributed by atoms with Crippen LogP contribution in [0.25, 0.3) is 0 Å². The first-order valence-corrected chi connectivity index (χ1v) is 12.7. The molecule has 0 spiro atoms. The van der Waals surface area contributed by atoms with Gasteiger partial charge in [-0.1, -0.05) is 12.1 Å². The summed E-state index contributed by atoms with van der Waals surface area (Å²) in [6.07, 6.45) is 2.72. The van der Waals surface area contributed by atoms with Crippen molar-refractivity contribution in [2.75, 3.05) is 32.6 Å². The molecular weight excluding hydrogens is 458 g/mol. The fourth-order valence-electron chi connectivity index (χ4n) is 4.00. The molecule has 2 N–H and O–H groups in total. The van der Waals surface area contributed by atoms with Gasteiger partial charge in [-0.3, -0.25) is 9.59 Å². The Kier molecular flexibility index (Phi) is 7.08. The van der Waals surface area contributed by atoms with Gasteiger partial charge in [-0.15, -0.1) is 0 Å². The molecule has 1 saturated heterocycles. The van der Waals surface area contributed by atoms with E-state index < -0.39 is 10.0 Å². The van der Waals surface area contributed by atoms with E-state index in [1.807, 2.05) is 0 Å². The Labute approximate surface area is 199 Å². The molecule has 1 aliphatic heterocycles. The highest BCUT2D eigenvalue weighted by molar-refractivity contribution is 7.89. The summed E-state index contributed by atoms with van der Waals surface area (Å²) in [6.45, 7) is 0.442. The van der Waals surface area contributed by atoms with Gasteiger partial charge >= 0.3 is 0 Å². The molecule has 1 aliphatic carbocycles. The summed E-state index contributed by atoms with van der Waals surface area (Å²) in [7, 11) is -0.802. The summed E-state index contributed by atoms with van der Waals surface area (Å²) >= 11 is 0. The van der Waals surface area contributed by atoms with E-state index in [4.69, 9.17) is 9.47 Å². The van der Waals surface area contributed by atoms with E-state index in [0.717, 1.165) is 12.8 Å². The van der Waals surface area contributed by atoms with Crippen LogP contribution in [-0.2, 0) is 14.8 Å². The highest BCUT2D eigenvalue weighted by atomic mass is 32.2. The molecule has 0 aromatic heterocycles. The molecular formula is C24H29N3O6S. The zero-order valence-corrected chi connectivity index (χ0v) is 20.1. The van der Waals surface area contributed by atoms with E-state index >= 15 is 0 Å². The quantitative estimate of drug-likeness (QED) is 0.592. The van der Waals surface area contributed by atoms with Gasteiger partial charge in [0.25, 0.3) is 5.91 Å². The third kappa shape index (κ3) is 5.18. The summed E-state index contributed by atoms with van der Waals surface area (Å²) in [5, 5.41) is 5.81. The van der Waals surface area contributed by atoms with Crippen molar-refractivity contribution in [3.8, 4) is 11.5 Å². The maximum absolute atomic E-state index is 13.1. The van der Waals surface area contributed by atoms with Gasteiger partial charge in [-0.05, 0) is 49.9 Å². The standard InChI is InChI=1S/C24H29N3O6S/c1-32-21-10-9-18(15-22(21)33-2)34(30,31)27-13-11-16(12-14-27)23(28)26-20-6-4-3-5-19(20)24(29)25-17-7-8-17/h3-6,9-10,15-17H,7-8,11-14H2,1-2H3,(H,25,29)(H,26,28). The van der Waals surface area contributed by atoms with E-state index in [9.17, 15) is 18.0 Å². The topological polar surface area (TPSA) is 114 Å². The van der Waals surface area contributed by atoms with Crippen LogP contribution in [0.4, 0.5) is 5.69 Å². The Bertz CT molecular complexity index is 1170. The number of para-hydroxylation sites is 1. The largest absolute Gasteiger partial charge is 0.493 e. The van der Waals surface area contributed by atoms with Crippen molar-refractivity contribution in [2.24, 2.45) is 5.92 Å². The number of hydrogen-bond acceptors (Lipinski definition) is 6. The van der Waals surface area contributed by atoms with Crippen molar-refractivity contribution in [2.45, 2.75) is 36.6 Å². The van der Waals surface area contributed by atoms with E-state index in [-0.39, 0.29) is 41.8 Å². The van der Waals surface area contributed by atoms with Crippen LogP contribution in [-0.4, -0.2) is 57.9 Å². The molecule has 182 valence electrons. The van der Waals surface area contributed by atoms with Crippen LogP contribution in [0.1, 0.15) is 36.0 Å². The maximum atomic E-state index is 13.1. The Morgan fingerprint density at radius 2 is 1.62 bits per heavy atom. The van der Waals surface area contributed by atoms with Crippen LogP contribution >= 0.6 is 0 Å². The van der Waals surface area contributed by atoms with Gasteiger partial charge in [-0.25, -0.2) is 8.42 Å². The molecule has 2 aliphatic rings. The van der Waals surface area contributed by atoms with Crippen LogP contribution in [0.15, 0.2) is 47.4 Å². The Morgan fingerprint density at radius 1 is 0.941 bits per heavy atom. The van der Waals surface area contributed by atoms with Crippen molar-refractivity contribution in [3.63, 3.8) is 0 Å². The van der Waals surface area contributed by atoms with Gasteiger partial charge in [0.2, 0.25) is 15.9 Å². The van der Waals surface area contributed by atoms with Crippen LogP contribution in [0.3, 0.4) is 0 Å². The smallest absolute Gasteiger partial charge is 0.253 e. The average Bonchev–Trinajstić information content (AvgIpc) is 3.67. The van der Waals surface area contributed by atoms with Gasteiger partial charge in [0.15, 0.2) is 11.5 Å². The first kappa shape index (κ1) is 24.0. The number of nitrogens with zero attached hydrogens (tertiary/aromatic N) is 1. The number of piperidine rings is 1. The molecule has 0 bridgehead atoms. The fourth-order valence-corrected chi connectivity index (χ4v) is 5.49. The summed E-state index contributed by atoms with van der Waals surface area (Å²) in [6, 6.07) is 11.6. The highest BCUT2D eigenvalue weighted by Gasteiger charge is 2.33. The van der Waals surface area contributed by atoms with E-state index in [0.29, 0.717) is 35.6 Å². The Hall–Kier alpha value is -3.11. The van der Waals surface area contributed by atoms with Crippen LogP contribution in [0.2, 0.25) is 0 Å². The molecule has 2 amide bonds. The molecule has 2 fully saturated rings. The number of anilines is 1. The molecule has 2 aromatic carbocycles. The number of benzene rings is 2. The fraction of sp³-hybridized carbons (Fsp3) is 0.417. The molecule has 0 radical (unpaired) electrons. The number of ether oxygens (including phenoxy) is 2. The molecule has 2 aromatic rings. The molecule has 10 heteroatoms. The van der Waals surface area contributed by atoms with Crippen LogP contribution < -0.4 is 20.1 Å². The summed E-state index contributed by atoms with van der Waals surface area (Å²) in [4.78, 5) is 25.5. The second kappa shape index (κ2) is 10.0. The van der Waals surface area contributed by atoms with Crippen molar-refractivity contribution in [1.82, 2.24) is 9.62 Å². The summed E-state index contributed by atoms with van der Waals surface area (Å²) in [5.74, 6) is 0.0191. The third-order valence-electron chi connectivity index (χ3n) is 6.16. The number of rotatable bonds is 8. The van der Waals surface area contributed by atoms with Crippen molar-refractivity contribution in [1.29, 1.82) is 0 Å². The SMILES string of the molecule is COc1ccc(S(=O)(=O)N2CCC(C(=O)Nc3ccccc3C(=O)NC3CC3)CC2)cc1OC. The zero-order valence-electron chi connectivity index (χ0n) is 19.2. The number of nitrogens with one attached hydrogen (secondary N) is 2. The van der Waals surface area contributed by atoms with Crippen molar-refractivity contribution >= 4 is 27.5 Å². The number of hydrogen-bond donors (Lipinski definition) is 2. The average molecular weight is 488 g/mol.